The van der Waals surface area contributed by atoms with Gasteiger partial charge in [-0.2, -0.15) is 0 Å². The van der Waals surface area contributed by atoms with Crippen molar-refractivity contribution in [2.24, 2.45) is 0 Å². The number of hydrogen-bond donors (Lipinski definition) is 3. The fourth-order valence-corrected chi connectivity index (χ4v) is 3.33. The fourth-order valence-electron chi connectivity index (χ4n) is 3.33. The Bertz CT molecular complexity index is 753. The maximum absolute atomic E-state index is 12.2. The van der Waals surface area contributed by atoms with E-state index in [0.717, 1.165) is 38.3 Å². The van der Waals surface area contributed by atoms with Gasteiger partial charge in [-0.25, -0.2) is 0 Å². The largest absolute Gasteiger partial charge is 0.513 e. The lowest BCUT2D eigenvalue weighted by atomic mass is 9.89. The molecule has 8 heteroatoms. The van der Waals surface area contributed by atoms with Crippen LogP contribution >= 0.6 is 0 Å². The molecule has 0 aliphatic carbocycles. The number of nitrogens with zero attached hydrogens (tertiary/aromatic N) is 2. The zero-order valence-electron chi connectivity index (χ0n) is 18.1. The SMILES string of the molecule is C/C=C(\C)O.CN1CCN(CCNC(=O)CC2CC(=O)Oc3cc(O)ccc32)CC1. The number of rotatable bonds is 5. The Morgan fingerprint density at radius 3 is 2.60 bits per heavy atom. The predicted molar refractivity (Wildman–Crippen MR) is 115 cm³/mol. The third-order valence-corrected chi connectivity index (χ3v) is 5.27. The lowest BCUT2D eigenvalue weighted by Gasteiger charge is -2.32. The first-order valence-electron chi connectivity index (χ1n) is 10.3. The number of amides is 1. The molecule has 0 radical (unpaired) electrons. The molecule has 1 unspecified atom stereocenters. The minimum Gasteiger partial charge on any atom is -0.513 e. The number of ether oxygens (including phenoxy) is 1. The lowest BCUT2D eigenvalue weighted by molar-refractivity contribution is -0.136. The van der Waals surface area contributed by atoms with Crippen LogP contribution < -0.4 is 10.1 Å². The topological polar surface area (TPSA) is 102 Å². The van der Waals surface area contributed by atoms with E-state index in [1.807, 2.05) is 0 Å². The summed E-state index contributed by atoms with van der Waals surface area (Å²) in [5.74, 6) is 0.141. The number of likely N-dealkylation sites (N-methyl/N-ethyl adjacent to an activating group) is 1. The molecule has 1 fully saturated rings. The highest BCUT2D eigenvalue weighted by Gasteiger charge is 2.29. The number of phenolic OH excluding ortho intramolecular Hbond substituents is 1. The number of fused-ring (bicyclic) bond motifs is 1. The summed E-state index contributed by atoms with van der Waals surface area (Å²) in [4.78, 5) is 28.6. The summed E-state index contributed by atoms with van der Waals surface area (Å²) in [6, 6.07) is 4.69. The van der Waals surface area contributed by atoms with Crippen molar-refractivity contribution in [2.75, 3.05) is 46.3 Å². The third-order valence-electron chi connectivity index (χ3n) is 5.27. The van der Waals surface area contributed by atoms with Crippen LogP contribution in [0.2, 0.25) is 0 Å². The van der Waals surface area contributed by atoms with Crippen LogP contribution in [-0.4, -0.2) is 78.2 Å². The monoisotopic (exact) mass is 419 g/mol. The number of allylic oxidation sites excluding steroid dienone is 2. The number of carbonyl (C=O) groups excluding carboxylic acids is 2. The van der Waals surface area contributed by atoms with Crippen molar-refractivity contribution in [3.05, 3.63) is 35.6 Å². The first-order valence-corrected chi connectivity index (χ1v) is 10.3. The van der Waals surface area contributed by atoms with E-state index in [9.17, 15) is 14.7 Å². The van der Waals surface area contributed by atoms with Gasteiger partial charge in [-0.05, 0) is 32.5 Å². The molecule has 2 aliphatic rings. The quantitative estimate of drug-likeness (QED) is 0.381. The first-order chi connectivity index (χ1) is 14.3. The summed E-state index contributed by atoms with van der Waals surface area (Å²) >= 11 is 0. The van der Waals surface area contributed by atoms with E-state index in [-0.39, 0.29) is 36.4 Å². The van der Waals surface area contributed by atoms with E-state index in [1.54, 1.807) is 32.1 Å². The zero-order valence-corrected chi connectivity index (χ0v) is 18.1. The van der Waals surface area contributed by atoms with Crippen molar-refractivity contribution in [1.82, 2.24) is 15.1 Å². The molecule has 0 aromatic heterocycles. The molecule has 0 saturated carbocycles. The maximum atomic E-state index is 12.2. The number of aliphatic hydroxyl groups is 1. The first kappa shape index (κ1) is 23.7. The number of aliphatic hydroxyl groups excluding tert-OH is 1. The normalized spacial score (nSPS) is 19.9. The molecular formula is C22H33N3O5. The molecular weight excluding hydrogens is 386 g/mol. The summed E-state index contributed by atoms with van der Waals surface area (Å²) in [7, 11) is 2.12. The Labute approximate surface area is 178 Å². The molecule has 2 heterocycles. The highest BCUT2D eigenvalue weighted by atomic mass is 16.5. The van der Waals surface area contributed by atoms with Crippen LogP contribution in [0.25, 0.3) is 0 Å². The Morgan fingerprint density at radius 1 is 1.30 bits per heavy atom. The summed E-state index contributed by atoms with van der Waals surface area (Å²) in [5, 5.41) is 20.7. The second-order valence-electron chi connectivity index (χ2n) is 7.73. The maximum Gasteiger partial charge on any atom is 0.311 e. The number of hydrogen-bond acceptors (Lipinski definition) is 7. The Balaban J connectivity index is 0.000000575. The van der Waals surface area contributed by atoms with E-state index in [4.69, 9.17) is 9.84 Å². The van der Waals surface area contributed by atoms with E-state index >= 15 is 0 Å². The highest BCUT2D eigenvalue weighted by molar-refractivity contribution is 5.81. The molecule has 30 heavy (non-hydrogen) atoms. The molecule has 3 rings (SSSR count). The van der Waals surface area contributed by atoms with E-state index < -0.39 is 0 Å². The van der Waals surface area contributed by atoms with Crippen LogP contribution in [0.15, 0.2) is 30.0 Å². The Morgan fingerprint density at radius 2 is 1.97 bits per heavy atom. The van der Waals surface area contributed by atoms with Crippen molar-refractivity contribution in [3.63, 3.8) is 0 Å². The molecule has 1 atom stereocenters. The van der Waals surface area contributed by atoms with E-state index in [2.05, 4.69) is 22.2 Å². The Kier molecular flexibility index (Phi) is 9.14. The van der Waals surface area contributed by atoms with Crippen LogP contribution in [0.4, 0.5) is 0 Å². The van der Waals surface area contributed by atoms with Gasteiger partial charge in [-0.15, -0.1) is 0 Å². The minimum absolute atomic E-state index is 0.0452. The van der Waals surface area contributed by atoms with Crippen LogP contribution in [0, 0.1) is 0 Å². The highest BCUT2D eigenvalue weighted by Crippen LogP contribution is 2.38. The molecule has 3 N–H and O–H groups in total. The zero-order chi connectivity index (χ0) is 22.1. The van der Waals surface area contributed by atoms with Crippen molar-refractivity contribution < 1.29 is 24.5 Å². The molecule has 0 spiro atoms. The second-order valence-corrected chi connectivity index (χ2v) is 7.73. The smallest absolute Gasteiger partial charge is 0.311 e. The molecule has 166 valence electrons. The van der Waals surface area contributed by atoms with E-state index in [0.29, 0.717) is 18.1 Å². The molecule has 1 amide bonds. The molecule has 1 aromatic carbocycles. The summed E-state index contributed by atoms with van der Waals surface area (Å²) in [6.07, 6.45) is 2.07. The van der Waals surface area contributed by atoms with Crippen molar-refractivity contribution in [2.45, 2.75) is 32.6 Å². The van der Waals surface area contributed by atoms with Crippen LogP contribution in [0.5, 0.6) is 11.5 Å². The van der Waals surface area contributed by atoms with Crippen molar-refractivity contribution >= 4 is 11.9 Å². The molecule has 1 aromatic rings. The molecule has 8 nitrogen and oxygen atoms in total. The van der Waals surface area contributed by atoms with Gasteiger partial charge in [0.25, 0.3) is 0 Å². The average Bonchev–Trinajstić information content (AvgIpc) is 2.69. The van der Waals surface area contributed by atoms with Gasteiger partial charge in [-0.3, -0.25) is 14.5 Å². The molecule has 0 bridgehead atoms. The molecule has 2 aliphatic heterocycles. The average molecular weight is 420 g/mol. The number of benzene rings is 1. The van der Waals surface area contributed by atoms with Gasteiger partial charge in [-0.1, -0.05) is 12.1 Å². The number of aromatic hydroxyl groups is 1. The number of piperazine rings is 1. The number of carbonyl (C=O) groups is 2. The Hall–Kier alpha value is -2.58. The van der Waals surface area contributed by atoms with Gasteiger partial charge >= 0.3 is 5.97 Å². The third kappa shape index (κ3) is 7.68. The molecule has 1 saturated heterocycles. The van der Waals surface area contributed by atoms with E-state index in [1.165, 1.54) is 6.07 Å². The van der Waals surface area contributed by atoms with Gasteiger partial charge in [0.2, 0.25) is 5.91 Å². The van der Waals surface area contributed by atoms with Gasteiger partial charge in [0.05, 0.1) is 12.2 Å². The lowest BCUT2D eigenvalue weighted by Crippen LogP contribution is -2.47. The van der Waals surface area contributed by atoms with Crippen LogP contribution in [0.1, 0.15) is 38.2 Å². The second kappa shape index (κ2) is 11.6. The minimum atomic E-state index is -0.367. The van der Waals surface area contributed by atoms with Crippen LogP contribution in [-0.2, 0) is 9.59 Å². The van der Waals surface area contributed by atoms with Crippen molar-refractivity contribution in [1.29, 1.82) is 0 Å². The summed E-state index contributed by atoms with van der Waals surface area (Å²) in [5.41, 5.74) is 0.798. The van der Waals surface area contributed by atoms with Gasteiger partial charge in [0.1, 0.15) is 11.5 Å². The van der Waals surface area contributed by atoms with Gasteiger partial charge in [0, 0.05) is 57.7 Å². The summed E-state index contributed by atoms with van der Waals surface area (Å²) < 4.78 is 5.15. The van der Waals surface area contributed by atoms with Crippen LogP contribution in [0.3, 0.4) is 0 Å². The van der Waals surface area contributed by atoms with Gasteiger partial charge in [0.15, 0.2) is 0 Å². The number of nitrogens with one attached hydrogen (secondary N) is 1. The predicted octanol–water partition coefficient (Wildman–Crippen LogP) is 2.01. The number of esters is 1. The standard InChI is InChI=1S/C18H25N3O4.C4H8O/c1-20-6-8-21(9-7-20)5-4-19-17(23)10-13-11-18(24)25-16-12-14(22)2-3-15(13)16;1-3-4(2)5/h2-3,12-13,22H,4-11H2,1H3,(H,19,23);3,5H,1-2H3/b;4-3+. The van der Waals surface area contributed by atoms with Crippen molar-refractivity contribution in [3.8, 4) is 11.5 Å². The summed E-state index contributed by atoms with van der Waals surface area (Å²) in [6.45, 7) is 9.05. The van der Waals surface area contributed by atoms with Gasteiger partial charge < -0.3 is 25.2 Å². The fraction of sp³-hybridized carbons (Fsp3) is 0.545. The number of phenols is 1.